The molecule has 27 heavy (non-hydrogen) atoms. The highest BCUT2D eigenvalue weighted by atomic mass is 16.6. The molecule has 1 atom stereocenters. The molecule has 0 saturated heterocycles. The van der Waals surface area contributed by atoms with Gasteiger partial charge < -0.3 is 9.15 Å². The standard InChI is InChI=1S/C17H14N4O6/c1-10-9-14(7-8-15(10)21(24)25)26-11(2)16-18-19-17(27-16)12-3-5-13(6-4-12)20(22)23/h3-9,11H,1-2H3/t11-/m0/s1. The molecule has 0 radical (unpaired) electrons. The van der Waals surface area contributed by atoms with E-state index in [9.17, 15) is 20.2 Å². The Bertz CT molecular complexity index is 999. The van der Waals surface area contributed by atoms with Gasteiger partial charge in [-0.15, -0.1) is 10.2 Å². The summed E-state index contributed by atoms with van der Waals surface area (Å²) in [6.45, 7) is 3.32. The maximum Gasteiger partial charge on any atom is 0.272 e. The first-order valence-electron chi connectivity index (χ1n) is 7.85. The van der Waals surface area contributed by atoms with Crippen LogP contribution in [0, 0.1) is 27.2 Å². The number of nitro groups is 2. The van der Waals surface area contributed by atoms with Crippen molar-refractivity contribution in [2.75, 3.05) is 0 Å². The number of non-ortho nitro benzene ring substituents is 1. The minimum Gasteiger partial charge on any atom is -0.481 e. The van der Waals surface area contributed by atoms with Crippen molar-refractivity contribution in [2.24, 2.45) is 0 Å². The van der Waals surface area contributed by atoms with Crippen LogP contribution in [0.3, 0.4) is 0 Å². The number of aromatic nitrogens is 2. The summed E-state index contributed by atoms with van der Waals surface area (Å²) in [5, 5.41) is 29.4. The van der Waals surface area contributed by atoms with Gasteiger partial charge in [-0.1, -0.05) is 0 Å². The third-order valence-electron chi connectivity index (χ3n) is 3.79. The molecule has 1 aromatic heterocycles. The second kappa shape index (κ2) is 7.20. The molecule has 0 fully saturated rings. The Morgan fingerprint density at radius 2 is 1.74 bits per heavy atom. The third kappa shape index (κ3) is 3.89. The van der Waals surface area contributed by atoms with E-state index in [0.717, 1.165) is 0 Å². The quantitative estimate of drug-likeness (QED) is 0.469. The topological polar surface area (TPSA) is 134 Å². The molecule has 2 aromatic carbocycles. The van der Waals surface area contributed by atoms with Crippen LogP contribution in [0.4, 0.5) is 11.4 Å². The lowest BCUT2D eigenvalue weighted by Crippen LogP contribution is -2.04. The summed E-state index contributed by atoms with van der Waals surface area (Å²) < 4.78 is 11.3. The van der Waals surface area contributed by atoms with Crippen LogP contribution >= 0.6 is 0 Å². The predicted molar refractivity (Wildman–Crippen MR) is 93.3 cm³/mol. The number of hydrogen-bond donors (Lipinski definition) is 0. The van der Waals surface area contributed by atoms with Gasteiger partial charge >= 0.3 is 0 Å². The molecule has 138 valence electrons. The first kappa shape index (κ1) is 18.0. The molecule has 0 aliphatic heterocycles. The Kier molecular flexibility index (Phi) is 4.79. The molecule has 0 spiro atoms. The Labute approximate surface area is 152 Å². The third-order valence-corrected chi connectivity index (χ3v) is 3.79. The van der Waals surface area contributed by atoms with Crippen molar-refractivity contribution in [3.8, 4) is 17.2 Å². The van der Waals surface area contributed by atoms with E-state index >= 15 is 0 Å². The van der Waals surface area contributed by atoms with E-state index < -0.39 is 16.0 Å². The van der Waals surface area contributed by atoms with Gasteiger partial charge in [0.05, 0.1) is 9.85 Å². The Morgan fingerprint density at radius 3 is 2.33 bits per heavy atom. The zero-order valence-electron chi connectivity index (χ0n) is 14.4. The highest BCUT2D eigenvalue weighted by Gasteiger charge is 2.18. The van der Waals surface area contributed by atoms with Crippen LogP contribution in [-0.4, -0.2) is 20.0 Å². The lowest BCUT2D eigenvalue weighted by atomic mass is 10.2. The van der Waals surface area contributed by atoms with E-state index in [4.69, 9.17) is 9.15 Å². The van der Waals surface area contributed by atoms with Gasteiger partial charge in [-0.3, -0.25) is 20.2 Å². The zero-order chi connectivity index (χ0) is 19.6. The van der Waals surface area contributed by atoms with Crippen LogP contribution in [0.25, 0.3) is 11.5 Å². The fraction of sp³-hybridized carbons (Fsp3) is 0.176. The van der Waals surface area contributed by atoms with Crippen LogP contribution in [0.15, 0.2) is 46.9 Å². The first-order chi connectivity index (χ1) is 12.8. The summed E-state index contributed by atoms with van der Waals surface area (Å²) in [5.41, 5.74) is 0.983. The largest absolute Gasteiger partial charge is 0.481 e. The molecule has 0 bridgehead atoms. The van der Waals surface area contributed by atoms with E-state index in [1.807, 2.05) is 0 Å². The van der Waals surface area contributed by atoms with Crippen LogP contribution < -0.4 is 4.74 Å². The molecule has 0 N–H and O–H groups in total. The molecular formula is C17H14N4O6. The molecule has 3 aromatic rings. The normalized spacial score (nSPS) is 11.8. The minimum absolute atomic E-state index is 0.00764. The fourth-order valence-electron chi connectivity index (χ4n) is 2.40. The molecule has 0 saturated carbocycles. The molecule has 3 rings (SSSR count). The highest BCUT2D eigenvalue weighted by molar-refractivity contribution is 5.55. The monoisotopic (exact) mass is 370 g/mol. The average Bonchev–Trinajstić information content (AvgIpc) is 3.12. The second-order valence-corrected chi connectivity index (χ2v) is 5.71. The fourth-order valence-corrected chi connectivity index (χ4v) is 2.40. The molecule has 0 aliphatic rings. The van der Waals surface area contributed by atoms with Gasteiger partial charge in [-0.2, -0.15) is 0 Å². The Hall–Kier alpha value is -3.82. The second-order valence-electron chi connectivity index (χ2n) is 5.71. The van der Waals surface area contributed by atoms with Crippen LogP contribution in [0.5, 0.6) is 5.75 Å². The molecule has 10 nitrogen and oxygen atoms in total. The number of aryl methyl sites for hydroxylation is 1. The van der Waals surface area contributed by atoms with Crippen molar-refractivity contribution in [3.63, 3.8) is 0 Å². The summed E-state index contributed by atoms with van der Waals surface area (Å²) in [4.78, 5) is 20.6. The number of hydrogen-bond acceptors (Lipinski definition) is 8. The number of benzene rings is 2. The maximum atomic E-state index is 10.9. The van der Waals surface area contributed by atoms with E-state index in [-0.39, 0.29) is 23.2 Å². The minimum atomic E-state index is -0.592. The van der Waals surface area contributed by atoms with Crippen molar-refractivity contribution >= 4 is 11.4 Å². The van der Waals surface area contributed by atoms with Crippen molar-refractivity contribution < 1.29 is 19.0 Å². The summed E-state index contributed by atoms with van der Waals surface area (Å²) in [5.74, 6) is 0.843. The lowest BCUT2D eigenvalue weighted by molar-refractivity contribution is -0.385. The van der Waals surface area contributed by atoms with Gasteiger partial charge in [-0.25, -0.2) is 0 Å². The van der Waals surface area contributed by atoms with Crippen molar-refractivity contribution in [3.05, 3.63) is 74.1 Å². The van der Waals surface area contributed by atoms with Gasteiger partial charge in [-0.05, 0) is 38.1 Å². The number of rotatable bonds is 6. The van der Waals surface area contributed by atoms with Crippen molar-refractivity contribution in [1.29, 1.82) is 0 Å². The van der Waals surface area contributed by atoms with Crippen LogP contribution in [-0.2, 0) is 0 Å². The smallest absolute Gasteiger partial charge is 0.272 e. The summed E-state index contributed by atoms with van der Waals surface area (Å²) in [7, 11) is 0. The highest BCUT2D eigenvalue weighted by Crippen LogP contribution is 2.28. The Morgan fingerprint density at radius 1 is 1.04 bits per heavy atom. The van der Waals surface area contributed by atoms with Crippen LogP contribution in [0.1, 0.15) is 24.5 Å². The molecule has 1 heterocycles. The predicted octanol–water partition coefficient (Wildman–Crippen LogP) is 4.00. The van der Waals surface area contributed by atoms with E-state index in [1.165, 1.54) is 36.4 Å². The molecule has 10 heteroatoms. The van der Waals surface area contributed by atoms with E-state index in [1.54, 1.807) is 19.9 Å². The lowest BCUT2D eigenvalue weighted by Gasteiger charge is -2.11. The van der Waals surface area contributed by atoms with Gasteiger partial charge in [0, 0.05) is 29.3 Å². The van der Waals surface area contributed by atoms with Gasteiger partial charge in [0.1, 0.15) is 5.75 Å². The van der Waals surface area contributed by atoms with E-state index in [0.29, 0.717) is 16.9 Å². The van der Waals surface area contributed by atoms with Crippen LogP contribution in [0.2, 0.25) is 0 Å². The summed E-state index contributed by atoms with van der Waals surface area (Å²) in [6.07, 6.45) is -0.592. The zero-order valence-corrected chi connectivity index (χ0v) is 14.4. The van der Waals surface area contributed by atoms with Gasteiger partial charge in [0.2, 0.25) is 5.89 Å². The van der Waals surface area contributed by atoms with Gasteiger partial charge in [0.25, 0.3) is 17.3 Å². The summed E-state index contributed by atoms with van der Waals surface area (Å²) in [6, 6.07) is 10.1. The number of ether oxygens (including phenoxy) is 1. The SMILES string of the molecule is Cc1cc(O[C@@H](C)c2nnc(-c3ccc([N+](=O)[O-])cc3)o2)ccc1[N+](=O)[O-]. The first-order valence-corrected chi connectivity index (χ1v) is 7.85. The van der Waals surface area contributed by atoms with Crippen molar-refractivity contribution in [2.45, 2.75) is 20.0 Å². The molecule has 0 unspecified atom stereocenters. The summed E-state index contributed by atoms with van der Waals surface area (Å²) >= 11 is 0. The molecular weight excluding hydrogens is 356 g/mol. The molecule has 0 amide bonds. The number of nitrogens with zero attached hydrogens (tertiary/aromatic N) is 4. The Balaban J connectivity index is 1.75. The number of nitro benzene ring substituents is 2. The van der Waals surface area contributed by atoms with Gasteiger partial charge in [0.15, 0.2) is 6.10 Å². The molecule has 0 aliphatic carbocycles. The maximum absolute atomic E-state index is 10.9. The van der Waals surface area contributed by atoms with Crippen molar-refractivity contribution in [1.82, 2.24) is 10.2 Å². The average molecular weight is 370 g/mol. The van der Waals surface area contributed by atoms with E-state index in [2.05, 4.69) is 10.2 Å².